The minimum Gasteiger partial charge on any atom is -0.475 e. The molecule has 2 aliphatic rings. The molecular formula is C17H23N3O2. The van der Waals surface area contributed by atoms with E-state index in [2.05, 4.69) is 42.7 Å². The van der Waals surface area contributed by atoms with Gasteiger partial charge in [-0.1, -0.05) is 27.7 Å². The third-order valence-electron chi connectivity index (χ3n) is 4.13. The molecule has 0 unspecified atom stereocenters. The first-order valence-corrected chi connectivity index (χ1v) is 7.93. The highest BCUT2D eigenvalue weighted by atomic mass is 16.5. The molecule has 0 saturated carbocycles. The molecule has 1 aromatic rings. The lowest BCUT2D eigenvalue weighted by Gasteiger charge is -2.07. The molecule has 2 aliphatic heterocycles. The first kappa shape index (κ1) is 15.0. The number of aromatic nitrogens is 1. The molecule has 0 N–H and O–H groups in total. The summed E-state index contributed by atoms with van der Waals surface area (Å²) in [6, 6.07) is 4.26. The average molecular weight is 301 g/mol. The summed E-state index contributed by atoms with van der Waals surface area (Å²) in [5, 5.41) is 0. The van der Waals surface area contributed by atoms with Crippen LogP contribution < -0.4 is 0 Å². The Morgan fingerprint density at radius 1 is 0.955 bits per heavy atom. The summed E-state index contributed by atoms with van der Waals surface area (Å²) >= 11 is 0. The molecule has 118 valence electrons. The highest BCUT2D eigenvalue weighted by Crippen LogP contribution is 2.22. The van der Waals surface area contributed by atoms with Crippen LogP contribution in [0.3, 0.4) is 0 Å². The van der Waals surface area contributed by atoms with Crippen LogP contribution in [0.5, 0.6) is 0 Å². The van der Waals surface area contributed by atoms with Gasteiger partial charge in [0.05, 0.1) is 17.6 Å². The Morgan fingerprint density at radius 3 is 2.14 bits per heavy atom. The smallest absolute Gasteiger partial charge is 0.236 e. The van der Waals surface area contributed by atoms with Crippen LogP contribution in [0, 0.1) is 11.8 Å². The molecule has 3 heterocycles. The van der Waals surface area contributed by atoms with Gasteiger partial charge in [0.15, 0.2) is 0 Å². The predicted octanol–water partition coefficient (Wildman–Crippen LogP) is 2.68. The van der Waals surface area contributed by atoms with Crippen LogP contribution in [-0.4, -0.2) is 42.1 Å². The largest absolute Gasteiger partial charge is 0.475 e. The van der Waals surface area contributed by atoms with Crippen LogP contribution in [0.25, 0.3) is 0 Å². The summed E-state index contributed by atoms with van der Waals surface area (Å²) in [4.78, 5) is 13.8. The second-order valence-electron chi connectivity index (χ2n) is 6.51. The number of aliphatic imine (C=N–C) groups is 2. The van der Waals surface area contributed by atoms with Crippen molar-refractivity contribution in [1.29, 1.82) is 0 Å². The van der Waals surface area contributed by atoms with Crippen molar-refractivity contribution < 1.29 is 9.47 Å². The third-order valence-corrected chi connectivity index (χ3v) is 4.13. The Labute approximate surface area is 131 Å². The molecule has 1 aromatic heterocycles. The molecule has 0 fully saturated rings. The molecule has 0 radical (unpaired) electrons. The molecule has 0 amide bonds. The summed E-state index contributed by atoms with van der Waals surface area (Å²) in [5.74, 6) is 2.17. The van der Waals surface area contributed by atoms with Crippen LogP contribution in [0.1, 0.15) is 39.0 Å². The maximum atomic E-state index is 5.79. The van der Waals surface area contributed by atoms with E-state index in [9.17, 15) is 0 Å². The van der Waals surface area contributed by atoms with Gasteiger partial charge in [-0.3, -0.25) is 4.98 Å². The maximum absolute atomic E-state index is 5.79. The van der Waals surface area contributed by atoms with E-state index in [1.54, 1.807) is 6.20 Å². The number of ether oxygens (including phenoxy) is 2. The summed E-state index contributed by atoms with van der Waals surface area (Å²) in [6.45, 7) is 9.85. The second kappa shape index (κ2) is 6.07. The zero-order chi connectivity index (χ0) is 15.7. The molecule has 0 aromatic carbocycles. The van der Waals surface area contributed by atoms with Crippen molar-refractivity contribution in [3.8, 4) is 0 Å². The summed E-state index contributed by atoms with van der Waals surface area (Å²) < 4.78 is 11.6. The van der Waals surface area contributed by atoms with Crippen molar-refractivity contribution in [3.05, 3.63) is 29.6 Å². The monoisotopic (exact) mass is 301 g/mol. The number of hydrogen-bond donors (Lipinski definition) is 0. The summed E-state index contributed by atoms with van der Waals surface area (Å²) in [7, 11) is 0. The minimum absolute atomic E-state index is 0.194. The van der Waals surface area contributed by atoms with Gasteiger partial charge < -0.3 is 9.47 Å². The standard InChI is InChI=1S/C17H23N3O2/c1-10(2)13-8-21-16(19-13)12-6-5-7-18-15(12)17-20-14(9-22-17)11(3)4/h5-7,10-11,13-14H,8-9H2,1-4H3/t13-,14-/m1/s1. The van der Waals surface area contributed by atoms with Gasteiger partial charge >= 0.3 is 0 Å². The lowest BCUT2D eigenvalue weighted by atomic mass is 10.1. The van der Waals surface area contributed by atoms with Crippen molar-refractivity contribution in [2.75, 3.05) is 13.2 Å². The van der Waals surface area contributed by atoms with E-state index in [1.165, 1.54) is 0 Å². The van der Waals surface area contributed by atoms with Crippen LogP contribution in [0.4, 0.5) is 0 Å². The van der Waals surface area contributed by atoms with Crippen LogP contribution in [0.15, 0.2) is 28.3 Å². The van der Waals surface area contributed by atoms with Gasteiger partial charge in [0.25, 0.3) is 0 Å². The Bertz CT molecular complexity index is 555. The fourth-order valence-corrected chi connectivity index (χ4v) is 2.49. The topological polar surface area (TPSA) is 56.1 Å². The molecule has 22 heavy (non-hydrogen) atoms. The van der Waals surface area contributed by atoms with Crippen molar-refractivity contribution in [2.45, 2.75) is 39.8 Å². The van der Waals surface area contributed by atoms with E-state index in [0.717, 1.165) is 11.3 Å². The highest BCUT2D eigenvalue weighted by Gasteiger charge is 2.29. The van der Waals surface area contributed by atoms with E-state index in [-0.39, 0.29) is 12.1 Å². The van der Waals surface area contributed by atoms with E-state index in [1.807, 2.05) is 12.1 Å². The van der Waals surface area contributed by atoms with Gasteiger partial charge in [-0.15, -0.1) is 0 Å². The lowest BCUT2D eigenvalue weighted by Crippen LogP contribution is -2.14. The molecule has 0 bridgehead atoms. The van der Waals surface area contributed by atoms with Crippen molar-refractivity contribution >= 4 is 11.8 Å². The predicted molar refractivity (Wildman–Crippen MR) is 86.5 cm³/mol. The van der Waals surface area contributed by atoms with Crippen molar-refractivity contribution in [2.24, 2.45) is 21.8 Å². The zero-order valence-electron chi connectivity index (χ0n) is 13.6. The molecule has 0 spiro atoms. The quantitative estimate of drug-likeness (QED) is 0.859. The number of nitrogens with zero attached hydrogens (tertiary/aromatic N) is 3. The van der Waals surface area contributed by atoms with Gasteiger partial charge in [0, 0.05) is 6.20 Å². The number of rotatable bonds is 4. The molecule has 0 aliphatic carbocycles. The Balaban J connectivity index is 1.92. The average Bonchev–Trinajstić information content (AvgIpc) is 3.17. The lowest BCUT2D eigenvalue weighted by molar-refractivity contribution is 0.289. The molecule has 0 saturated heterocycles. The van der Waals surface area contributed by atoms with Crippen LogP contribution in [0.2, 0.25) is 0 Å². The first-order valence-electron chi connectivity index (χ1n) is 7.93. The number of pyridine rings is 1. The van der Waals surface area contributed by atoms with E-state index < -0.39 is 0 Å². The molecular weight excluding hydrogens is 278 g/mol. The SMILES string of the molecule is CC(C)[C@H]1COC(c2cccnc2C2=N[C@@H](C(C)C)CO2)=N1. The normalized spacial score (nSPS) is 24.3. The Morgan fingerprint density at radius 2 is 1.55 bits per heavy atom. The third kappa shape index (κ3) is 2.85. The number of hydrogen-bond acceptors (Lipinski definition) is 5. The van der Waals surface area contributed by atoms with Gasteiger partial charge in [-0.05, 0) is 24.0 Å². The Kier molecular flexibility index (Phi) is 4.14. The summed E-state index contributed by atoms with van der Waals surface area (Å²) in [5.41, 5.74) is 1.60. The highest BCUT2D eigenvalue weighted by molar-refractivity contribution is 6.06. The van der Waals surface area contributed by atoms with Gasteiger partial charge in [0.2, 0.25) is 11.8 Å². The van der Waals surface area contributed by atoms with Crippen LogP contribution in [-0.2, 0) is 9.47 Å². The van der Waals surface area contributed by atoms with Gasteiger partial charge in [-0.25, -0.2) is 9.98 Å². The van der Waals surface area contributed by atoms with Crippen LogP contribution >= 0.6 is 0 Å². The molecule has 5 heteroatoms. The first-order chi connectivity index (χ1) is 10.6. The zero-order valence-corrected chi connectivity index (χ0v) is 13.6. The molecule has 5 nitrogen and oxygen atoms in total. The molecule has 2 atom stereocenters. The second-order valence-corrected chi connectivity index (χ2v) is 6.51. The van der Waals surface area contributed by atoms with E-state index >= 15 is 0 Å². The van der Waals surface area contributed by atoms with Crippen molar-refractivity contribution in [1.82, 2.24) is 4.98 Å². The Hall–Kier alpha value is -1.91. The fraction of sp³-hybridized carbons (Fsp3) is 0.588. The van der Waals surface area contributed by atoms with E-state index in [0.29, 0.717) is 36.8 Å². The van der Waals surface area contributed by atoms with Crippen molar-refractivity contribution in [3.63, 3.8) is 0 Å². The summed E-state index contributed by atoms with van der Waals surface area (Å²) in [6.07, 6.45) is 1.75. The van der Waals surface area contributed by atoms with Gasteiger partial charge in [0.1, 0.15) is 18.9 Å². The maximum Gasteiger partial charge on any atom is 0.236 e. The molecule has 3 rings (SSSR count). The van der Waals surface area contributed by atoms with Gasteiger partial charge in [-0.2, -0.15) is 0 Å². The van der Waals surface area contributed by atoms with E-state index in [4.69, 9.17) is 9.47 Å². The minimum atomic E-state index is 0.194. The fourth-order valence-electron chi connectivity index (χ4n) is 2.49.